The van der Waals surface area contributed by atoms with Crippen LogP contribution in [0.1, 0.15) is 48.7 Å². The minimum atomic E-state index is -0.449. The first kappa shape index (κ1) is 16.2. The van der Waals surface area contributed by atoms with E-state index in [0.29, 0.717) is 11.8 Å². The highest BCUT2D eigenvalue weighted by Gasteiger charge is 2.40. The van der Waals surface area contributed by atoms with Crippen molar-refractivity contribution in [3.05, 3.63) is 28.0 Å². The summed E-state index contributed by atoms with van der Waals surface area (Å²) in [6.07, 6.45) is 3.05. The fourth-order valence-corrected chi connectivity index (χ4v) is 4.20. The van der Waals surface area contributed by atoms with Crippen LogP contribution in [-0.2, 0) is 4.74 Å². The highest BCUT2D eigenvalue weighted by Crippen LogP contribution is 2.42. The number of hydrogen-bond acceptors (Lipinski definition) is 4. The van der Waals surface area contributed by atoms with Crippen molar-refractivity contribution in [3.63, 3.8) is 0 Å². The number of likely N-dealkylation sites (tertiary alicyclic amines) is 1. The molecule has 3 rings (SSSR count). The third kappa shape index (κ3) is 3.50. The molecule has 23 heavy (non-hydrogen) atoms. The van der Waals surface area contributed by atoms with E-state index >= 15 is 0 Å². The molecule has 2 heterocycles. The smallest absolute Gasteiger partial charge is 0.410 e. The SMILES string of the molecule is CC(=O)c1ccc(C2=CC3CN(C(=O)OC(C)(C)C)CC3C2)s1. The Labute approximate surface area is 141 Å². The summed E-state index contributed by atoms with van der Waals surface area (Å²) in [5.74, 6) is 0.997. The van der Waals surface area contributed by atoms with Gasteiger partial charge in [-0.1, -0.05) is 6.08 Å². The first-order valence-electron chi connectivity index (χ1n) is 8.03. The molecule has 2 atom stereocenters. The third-order valence-electron chi connectivity index (χ3n) is 4.31. The van der Waals surface area contributed by atoms with Crippen molar-refractivity contribution in [2.75, 3.05) is 13.1 Å². The van der Waals surface area contributed by atoms with Gasteiger partial charge in [0.25, 0.3) is 0 Å². The average Bonchev–Trinajstić information content (AvgIpc) is 3.09. The van der Waals surface area contributed by atoms with Gasteiger partial charge in [0, 0.05) is 18.0 Å². The number of hydrogen-bond donors (Lipinski definition) is 0. The normalized spacial score (nSPS) is 23.7. The van der Waals surface area contributed by atoms with Gasteiger partial charge < -0.3 is 9.64 Å². The number of ether oxygens (including phenoxy) is 1. The third-order valence-corrected chi connectivity index (χ3v) is 5.57. The second kappa shape index (κ2) is 5.78. The molecule has 1 saturated heterocycles. The van der Waals surface area contributed by atoms with Crippen molar-refractivity contribution >= 4 is 28.8 Å². The van der Waals surface area contributed by atoms with Gasteiger partial charge in [-0.2, -0.15) is 0 Å². The highest BCUT2D eigenvalue weighted by molar-refractivity contribution is 7.15. The molecule has 1 aromatic heterocycles. The molecule has 1 aliphatic heterocycles. The number of carbonyl (C=O) groups is 2. The standard InChI is InChI=1S/C18H23NO3S/c1-11(20)15-5-6-16(23-15)12-7-13-9-19(10-14(13)8-12)17(21)22-18(2,3)4/h5-7,13-14H,8-10H2,1-4H3. The fourth-order valence-electron chi connectivity index (χ4n) is 3.27. The predicted octanol–water partition coefficient (Wildman–Crippen LogP) is 4.22. The van der Waals surface area contributed by atoms with Gasteiger partial charge in [-0.05, 0) is 63.7 Å². The molecule has 0 radical (unpaired) electrons. The lowest BCUT2D eigenvalue weighted by Crippen LogP contribution is -2.35. The van der Waals surface area contributed by atoms with Crippen molar-refractivity contribution in [1.82, 2.24) is 4.90 Å². The Bertz CT molecular complexity index is 668. The van der Waals surface area contributed by atoms with Crippen LogP contribution in [0.2, 0.25) is 0 Å². The summed E-state index contributed by atoms with van der Waals surface area (Å²) in [4.78, 5) is 27.4. The van der Waals surface area contributed by atoms with Crippen LogP contribution >= 0.6 is 11.3 Å². The Kier molecular flexibility index (Phi) is 4.08. The van der Waals surface area contributed by atoms with E-state index in [9.17, 15) is 9.59 Å². The number of rotatable bonds is 2. The summed E-state index contributed by atoms with van der Waals surface area (Å²) >= 11 is 1.57. The molecular formula is C18H23NO3S. The fraction of sp³-hybridized carbons (Fsp3) is 0.556. The van der Waals surface area contributed by atoms with Crippen molar-refractivity contribution in [1.29, 1.82) is 0 Å². The Morgan fingerprint density at radius 3 is 2.57 bits per heavy atom. The minimum Gasteiger partial charge on any atom is -0.444 e. The van der Waals surface area contributed by atoms with Gasteiger partial charge in [0.05, 0.1) is 4.88 Å². The second-order valence-electron chi connectivity index (χ2n) is 7.43. The number of allylic oxidation sites excluding steroid dienone is 1. The van der Waals surface area contributed by atoms with Crippen molar-refractivity contribution < 1.29 is 14.3 Å². The molecule has 124 valence electrons. The van der Waals surface area contributed by atoms with Crippen LogP contribution in [0.25, 0.3) is 5.57 Å². The van der Waals surface area contributed by atoms with Crippen LogP contribution in [-0.4, -0.2) is 35.5 Å². The number of carbonyl (C=O) groups excluding carboxylic acids is 2. The minimum absolute atomic E-state index is 0.121. The van der Waals surface area contributed by atoms with Crippen LogP contribution in [0.4, 0.5) is 4.79 Å². The zero-order valence-electron chi connectivity index (χ0n) is 14.1. The number of thiophene rings is 1. The second-order valence-corrected chi connectivity index (χ2v) is 8.51. The predicted molar refractivity (Wildman–Crippen MR) is 91.7 cm³/mol. The summed E-state index contributed by atoms with van der Waals surface area (Å²) in [7, 11) is 0. The number of ketones is 1. The summed E-state index contributed by atoms with van der Waals surface area (Å²) in [6, 6.07) is 3.95. The summed E-state index contributed by atoms with van der Waals surface area (Å²) in [5, 5.41) is 0. The van der Waals surface area contributed by atoms with Gasteiger partial charge in [-0.25, -0.2) is 4.79 Å². The van der Waals surface area contributed by atoms with E-state index in [1.165, 1.54) is 10.5 Å². The van der Waals surface area contributed by atoms with Gasteiger partial charge in [0.15, 0.2) is 5.78 Å². The lowest BCUT2D eigenvalue weighted by atomic mass is 10.00. The molecule has 0 N–H and O–H groups in total. The maximum atomic E-state index is 12.2. The average molecular weight is 333 g/mol. The topological polar surface area (TPSA) is 46.6 Å². The largest absolute Gasteiger partial charge is 0.444 e. The molecule has 0 saturated carbocycles. The van der Waals surface area contributed by atoms with Gasteiger partial charge in [-0.15, -0.1) is 11.3 Å². The molecule has 1 aromatic rings. The summed E-state index contributed by atoms with van der Waals surface area (Å²) < 4.78 is 5.46. The van der Waals surface area contributed by atoms with Crippen LogP contribution in [0.15, 0.2) is 18.2 Å². The Morgan fingerprint density at radius 2 is 2.00 bits per heavy atom. The van der Waals surface area contributed by atoms with E-state index in [0.717, 1.165) is 24.4 Å². The molecule has 0 bridgehead atoms. The van der Waals surface area contributed by atoms with E-state index < -0.39 is 5.60 Å². The van der Waals surface area contributed by atoms with Crippen LogP contribution in [0.3, 0.4) is 0 Å². The van der Waals surface area contributed by atoms with E-state index in [1.54, 1.807) is 18.3 Å². The molecule has 1 aliphatic carbocycles. The lowest BCUT2D eigenvalue weighted by molar-refractivity contribution is 0.0285. The maximum Gasteiger partial charge on any atom is 0.410 e. The molecule has 0 aromatic carbocycles. The van der Waals surface area contributed by atoms with E-state index in [-0.39, 0.29) is 11.9 Å². The summed E-state index contributed by atoms with van der Waals surface area (Å²) in [5.41, 5.74) is 0.872. The number of amides is 1. The van der Waals surface area contributed by atoms with Crippen molar-refractivity contribution in [2.24, 2.45) is 11.8 Å². The molecular weight excluding hydrogens is 310 g/mol. The van der Waals surface area contributed by atoms with Gasteiger partial charge in [0.1, 0.15) is 5.60 Å². The molecule has 1 fully saturated rings. The van der Waals surface area contributed by atoms with Gasteiger partial charge >= 0.3 is 6.09 Å². The van der Waals surface area contributed by atoms with E-state index in [1.807, 2.05) is 37.8 Å². The molecule has 2 aliphatic rings. The molecule has 1 amide bonds. The number of Topliss-reactive ketones (excluding diaryl/α,β-unsaturated/α-hetero) is 1. The number of nitrogens with zero attached hydrogens (tertiary/aromatic N) is 1. The first-order chi connectivity index (χ1) is 10.7. The van der Waals surface area contributed by atoms with Crippen LogP contribution in [0.5, 0.6) is 0 Å². The first-order valence-corrected chi connectivity index (χ1v) is 8.84. The summed E-state index contributed by atoms with van der Waals surface area (Å²) in [6.45, 7) is 8.76. The van der Waals surface area contributed by atoms with Crippen molar-refractivity contribution in [2.45, 2.75) is 39.7 Å². The Balaban J connectivity index is 1.66. The zero-order chi connectivity index (χ0) is 16.8. The van der Waals surface area contributed by atoms with Crippen LogP contribution in [0, 0.1) is 11.8 Å². The Morgan fingerprint density at radius 1 is 1.26 bits per heavy atom. The Hall–Kier alpha value is -1.62. The highest BCUT2D eigenvalue weighted by atomic mass is 32.1. The number of fused-ring (bicyclic) bond motifs is 1. The monoisotopic (exact) mass is 333 g/mol. The molecule has 4 nitrogen and oxygen atoms in total. The van der Waals surface area contributed by atoms with Crippen molar-refractivity contribution in [3.8, 4) is 0 Å². The van der Waals surface area contributed by atoms with E-state index in [2.05, 4.69) is 6.08 Å². The van der Waals surface area contributed by atoms with Gasteiger partial charge in [0.2, 0.25) is 0 Å². The maximum absolute atomic E-state index is 12.2. The molecule has 2 unspecified atom stereocenters. The molecule has 5 heteroatoms. The van der Waals surface area contributed by atoms with E-state index in [4.69, 9.17) is 4.74 Å². The molecule has 0 spiro atoms. The van der Waals surface area contributed by atoms with Crippen LogP contribution < -0.4 is 0 Å². The lowest BCUT2D eigenvalue weighted by Gasteiger charge is -2.24. The zero-order valence-corrected chi connectivity index (χ0v) is 14.9. The van der Waals surface area contributed by atoms with Gasteiger partial charge in [-0.3, -0.25) is 4.79 Å². The quantitative estimate of drug-likeness (QED) is 0.761.